The highest BCUT2D eigenvalue weighted by Crippen LogP contribution is 1.79. The molecule has 0 saturated heterocycles. The minimum atomic E-state index is -1.25. The lowest BCUT2D eigenvalue weighted by Gasteiger charge is -1.89. The van der Waals surface area contributed by atoms with Gasteiger partial charge < -0.3 is 11.6 Å². The van der Waals surface area contributed by atoms with Gasteiger partial charge in [0.2, 0.25) is 0 Å². The summed E-state index contributed by atoms with van der Waals surface area (Å²) in [6, 6.07) is 0.216. The molecule has 0 heterocycles. The van der Waals surface area contributed by atoms with Gasteiger partial charge in [0.05, 0.1) is 6.07 Å². The zero-order valence-corrected chi connectivity index (χ0v) is 4.48. The number of hydrogen-bond donors (Lipinski definition) is 2. The Morgan fingerprint density at radius 3 is 2.67 bits per heavy atom. The number of amides is 1. The molecule has 6 heteroatoms. The van der Waals surface area contributed by atoms with E-state index in [1.165, 1.54) is 6.07 Å². The third-order valence-electron chi connectivity index (χ3n) is 0.561. The third-order valence-corrected chi connectivity index (χ3v) is 0.561. The van der Waals surface area contributed by atoms with Crippen LogP contribution < -0.4 is 11.6 Å². The number of hydrogen-bond acceptors (Lipinski definition) is 4. The van der Waals surface area contributed by atoms with Crippen LogP contribution >= 0.6 is 0 Å². The maximum absolute atomic E-state index is 10.3. The van der Waals surface area contributed by atoms with Crippen molar-refractivity contribution in [3.63, 3.8) is 0 Å². The quantitative estimate of drug-likeness (QED) is 0.258. The molecule has 0 aliphatic carbocycles. The molecule has 1 atom stereocenters. The molecule has 0 fully saturated rings. The molecule has 4 N–H and O–H groups in total. The minimum absolute atomic E-state index is 0.833. The Morgan fingerprint density at radius 1 is 1.78 bits per heavy atom. The van der Waals surface area contributed by atoms with E-state index in [4.69, 9.17) is 11.0 Å². The van der Waals surface area contributed by atoms with Gasteiger partial charge in [0.1, 0.15) is 0 Å². The van der Waals surface area contributed by atoms with Gasteiger partial charge in [-0.2, -0.15) is 5.26 Å². The maximum Gasteiger partial charge on any atom is 0.297 e. The average molecular weight is 127 g/mol. The van der Waals surface area contributed by atoms with E-state index in [-0.39, 0.29) is 0 Å². The van der Waals surface area contributed by atoms with E-state index >= 15 is 0 Å². The minimum Gasteiger partial charge on any atom is -0.308 e. The summed E-state index contributed by atoms with van der Waals surface area (Å²) in [5.41, 5.74) is 4.88. The van der Waals surface area contributed by atoms with E-state index in [0.717, 1.165) is 0 Å². The fourth-order valence-electron chi connectivity index (χ4n) is 0.174. The molecule has 9 heavy (non-hydrogen) atoms. The van der Waals surface area contributed by atoms with Gasteiger partial charge in [-0.1, -0.05) is 10.3 Å². The molecule has 0 aromatic carbocycles. The highest BCUT2D eigenvalue weighted by Gasteiger charge is 2.09. The first kappa shape index (κ1) is 7.52. The zero-order valence-electron chi connectivity index (χ0n) is 4.48. The molecule has 1 amide bonds. The van der Waals surface area contributed by atoms with Crippen molar-refractivity contribution in [2.75, 3.05) is 0 Å². The van der Waals surface area contributed by atoms with Crippen molar-refractivity contribution in [3.05, 3.63) is 0 Å². The van der Waals surface area contributed by atoms with E-state index in [2.05, 4.69) is 16.2 Å². The van der Waals surface area contributed by atoms with Crippen LogP contribution in [0.1, 0.15) is 0 Å². The van der Waals surface area contributed by atoms with Gasteiger partial charge >= 0.3 is 0 Å². The normalized spacial score (nSPS) is 12.9. The van der Waals surface area contributed by atoms with Crippen molar-refractivity contribution < 1.29 is 4.79 Å². The van der Waals surface area contributed by atoms with Crippen molar-refractivity contribution in [3.8, 4) is 6.07 Å². The molecule has 0 rings (SSSR count). The molecule has 0 bridgehead atoms. The number of nitrogens with two attached hydrogens (primary N) is 2. The van der Waals surface area contributed by atoms with Gasteiger partial charge in [-0.3, -0.25) is 4.79 Å². The first-order valence-electron chi connectivity index (χ1n) is 2.02. The fourth-order valence-corrected chi connectivity index (χ4v) is 0.174. The molecule has 0 aliphatic rings. The SMILES string of the molecule is N#CC(N)C(=O)N=NN. The lowest BCUT2D eigenvalue weighted by Crippen LogP contribution is -2.26. The Labute approximate surface area is 51.1 Å². The second kappa shape index (κ2) is 3.51. The van der Waals surface area contributed by atoms with Crippen LogP contribution in [0, 0.1) is 11.3 Å². The van der Waals surface area contributed by atoms with Gasteiger partial charge in [-0.05, 0) is 0 Å². The summed E-state index contributed by atoms with van der Waals surface area (Å²) in [4.78, 5) is 10.3. The van der Waals surface area contributed by atoms with Crippen LogP contribution in [-0.4, -0.2) is 11.9 Å². The van der Waals surface area contributed by atoms with E-state index < -0.39 is 11.9 Å². The summed E-state index contributed by atoms with van der Waals surface area (Å²) in [5, 5.41) is 13.5. The first-order valence-corrected chi connectivity index (χ1v) is 2.02. The molecule has 0 radical (unpaired) electrons. The second-order valence-electron chi connectivity index (χ2n) is 1.16. The third kappa shape index (κ3) is 2.36. The zero-order chi connectivity index (χ0) is 7.28. The van der Waals surface area contributed by atoms with Crippen LogP contribution in [0.5, 0.6) is 0 Å². The summed E-state index contributed by atoms with van der Waals surface area (Å²) < 4.78 is 0. The first-order chi connectivity index (χ1) is 4.22. The van der Waals surface area contributed by atoms with Crippen LogP contribution in [0.4, 0.5) is 0 Å². The maximum atomic E-state index is 10.3. The highest BCUT2D eigenvalue weighted by atomic mass is 16.2. The number of carbonyl (C=O) groups excluding carboxylic acids is 1. The lowest BCUT2D eigenvalue weighted by molar-refractivity contribution is -0.118. The van der Waals surface area contributed by atoms with Gasteiger partial charge in [0.25, 0.3) is 5.91 Å². The van der Waals surface area contributed by atoms with Gasteiger partial charge in [-0.25, -0.2) is 0 Å². The van der Waals surface area contributed by atoms with Crippen LogP contribution in [0.25, 0.3) is 0 Å². The molecule has 6 nitrogen and oxygen atoms in total. The number of nitrogens with zero attached hydrogens (tertiary/aromatic N) is 3. The molecule has 0 saturated carbocycles. The second-order valence-corrected chi connectivity index (χ2v) is 1.16. The van der Waals surface area contributed by atoms with E-state index in [9.17, 15) is 4.79 Å². The molecule has 0 aromatic rings. The van der Waals surface area contributed by atoms with E-state index in [0.29, 0.717) is 0 Å². The summed E-state index contributed by atoms with van der Waals surface area (Å²) in [7, 11) is 0. The number of carbonyl (C=O) groups is 1. The standard InChI is InChI=1S/C3H5N5O/c4-1-2(5)3(9)7-8-6/h2H,5H2,(H2,6,7,9). The number of rotatable bonds is 1. The molecular weight excluding hydrogens is 122 g/mol. The molecule has 0 spiro atoms. The predicted octanol–water partition coefficient (Wildman–Crippen LogP) is -1.31. The van der Waals surface area contributed by atoms with Crippen molar-refractivity contribution >= 4 is 5.91 Å². The number of nitriles is 1. The van der Waals surface area contributed by atoms with Crippen molar-refractivity contribution in [1.29, 1.82) is 5.26 Å². The Bertz CT molecular complexity index is 168. The monoisotopic (exact) mass is 127 g/mol. The van der Waals surface area contributed by atoms with Crippen molar-refractivity contribution in [2.45, 2.75) is 6.04 Å². The molecule has 0 aliphatic heterocycles. The van der Waals surface area contributed by atoms with Crippen molar-refractivity contribution in [1.82, 2.24) is 0 Å². The van der Waals surface area contributed by atoms with Crippen LogP contribution in [0.15, 0.2) is 10.3 Å². The van der Waals surface area contributed by atoms with Crippen LogP contribution in [0.2, 0.25) is 0 Å². The summed E-state index contributed by atoms with van der Waals surface area (Å²) in [5.74, 6) is 3.66. The molecule has 1 unspecified atom stereocenters. The van der Waals surface area contributed by atoms with E-state index in [1.807, 2.05) is 0 Å². The summed E-state index contributed by atoms with van der Waals surface area (Å²) in [6.07, 6.45) is 0. The molecule has 48 valence electrons. The van der Waals surface area contributed by atoms with Gasteiger partial charge in [0.15, 0.2) is 6.04 Å². The predicted molar refractivity (Wildman–Crippen MR) is 27.6 cm³/mol. The Balaban J connectivity index is 3.92. The topological polar surface area (TPSA) is 118 Å². The molecular formula is C3H5N5O. The summed E-state index contributed by atoms with van der Waals surface area (Å²) in [6.45, 7) is 0. The van der Waals surface area contributed by atoms with E-state index in [1.54, 1.807) is 0 Å². The van der Waals surface area contributed by atoms with Gasteiger partial charge in [-0.15, -0.1) is 0 Å². The Hall–Kier alpha value is -1.48. The van der Waals surface area contributed by atoms with Crippen molar-refractivity contribution in [2.24, 2.45) is 21.9 Å². The smallest absolute Gasteiger partial charge is 0.297 e. The lowest BCUT2D eigenvalue weighted by atomic mass is 10.3. The summed E-state index contributed by atoms with van der Waals surface area (Å²) >= 11 is 0. The fraction of sp³-hybridized carbons (Fsp3) is 0.333. The van der Waals surface area contributed by atoms with Crippen LogP contribution in [-0.2, 0) is 4.79 Å². The molecule has 0 aromatic heterocycles. The Morgan fingerprint density at radius 2 is 2.33 bits per heavy atom. The highest BCUT2D eigenvalue weighted by molar-refractivity contribution is 5.84. The Kier molecular flexibility index (Phi) is 2.94. The van der Waals surface area contributed by atoms with Crippen LogP contribution in [0.3, 0.4) is 0 Å². The van der Waals surface area contributed by atoms with Gasteiger partial charge in [0, 0.05) is 0 Å². The average Bonchev–Trinajstić information content (AvgIpc) is 1.87. The largest absolute Gasteiger partial charge is 0.308 e.